The zero-order valence-electron chi connectivity index (χ0n) is 11.3. The Balaban J connectivity index is 1.89. The first-order valence-electron chi connectivity index (χ1n) is 6.87. The SMILES string of the molecule is CC1CC(OC2COCCC2O)CC(C)(C)C1. The molecule has 0 spiro atoms. The van der Waals surface area contributed by atoms with Gasteiger partial charge in [-0.05, 0) is 37.0 Å². The molecule has 100 valence electrons. The first-order valence-corrected chi connectivity index (χ1v) is 6.87. The van der Waals surface area contributed by atoms with Crippen LogP contribution in [0, 0.1) is 11.3 Å². The molecule has 1 saturated heterocycles. The van der Waals surface area contributed by atoms with Crippen molar-refractivity contribution in [2.75, 3.05) is 13.2 Å². The first-order chi connectivity index (χ1) is 7.96. The van der Waals surface area contributed by atoms with Crippen LogP contribution in [0.15, 0.2) is 0 Å². The fourth-order valence-corrected chi connectivity index (χ4v) is 3.44. The monoisotopic (exact) mass is 242 g/mol. The second-order valence-corrected chi connectivity index (χ2v) is 6.64. The van der Waals surface area contributed by atoms with Crippen LogP contribution in [0.4, 0.5) is 0 Å². The molecule has 1 N–H and O–H groups in total. The van der Waals surface area contributed by atoms with Crippen molar-refractivity contribution >= 4 is 0 Å². The van der Waals surface area contributed by atoms with Crippen LogP contribution in [0.1, 0.15) is 46.5 Å². The third-order valence-electron chi connectivity index (χ3n) is 3.98. The Bertz CT molecular complexity index is 252. The highest BCUT2D eigenvalue weighted by Crippen LogP contribution is 2.40. The topological polar surface area (TPSA) is 38.7 Å². The van der Waals surface area contributed by atoms with Crippen molar-refractivity contribution in [3.8, 4) is 0 Å². The van der Waals surface area contributed by atoms with Gasteiger partial charge in [-0.1, -0.05) is 20.8 Å². The van der Waals surface area contributed by atoms with E-state index in [0.29, 0.717) is 31.0 Å². The number of rotatable bonds is 2. The molecule has 4 unspecified atom stereocenters. The predicted molar refractivity (Wildman–Crippen MR) is 66.9 cm³/mol. The molecule has 0 radical (unpaired) electrons. The average Bonchev–Trinajstić information content (AvgIpc) is 2.18. The summed E-state index contributed by atoms with van der Waals surface area (Å²) in [7, 11) is 0. The highest BCUT2D eigenvalue weighted by molar-refractivity contribution is 4.85. The van der Waals surface area contributed by atoms with Crippen molar-refractivity contribution in [3.05, 3.63) is 0 Å². The van der Waals surface area contributed by atoms with E-state index in [4.69, 9.17) is 9.47 Å². The van der Waals surface area contributed by atoms with Gasteiger partial charge < -0.3 is 14.6 Å². The highest BCUT2D eigenvalue weighted by atomic mass is 16.6. The lowest BCUT2D eigenvalue weighted by molar-refractivity contribution is -0.157. The minimum atomic E-state index is -0.343. The largest absolute Gasteiger partial charge is 0.390 e. The summed E-state index contributed by atoms with van der Waals surface area (Å²) in [6.07, 6.45) is 4.02. The third kappa shape index (κ3) is 3.67. The summed E-state index contributed by atoms with van der Waals surface area (Å²) < 4.78 is 11.5. The summed E-state index contributed by atoms with van der Waals surface area (Å²) in [5, 5.41) is 9.89. The molecule has 1 aliphatic carbocycles. The van der Waals surface area contributed by atoms with Gasteiger partial charge in [0.2, 0.25) is 0 Å². The Morgan fingerprint density at radius 3 is 2.71 bits per heavy atom. The predicted octanol–water partition coefficient (Wildman–Crippen LogP) is 2.37. The van der Waals surface area contributed by atoms with E-state index in [1.54, 1.807) is 0 Å². The summed E-state index contributed by atoms with van der Waals surface area (Å²) in [6, 6.07) is 0. The van der Waals surface area contributed by atoms with E-state index in [9.17, 15) is 5.11 Å². The van der Waals surface area contributed by atoms with Crippen molar-refractivity contribution in [1.82, 2.24) is 0 Å². The van der Waals surface area contributed by atoms with Gasteiger partial charge >= 0.3 is 0 Å². The summed E-state index contributed by atoms with van der Waals surface area (Å²) in [5.74, 6) is 0.713. The van der Waals surface area contributed by atoms with Crippen LogP contribution in [-0.4, -0.2) is 36.6 Å². The van der Waals surface area contributed by atoms with Crippen LogP contribution in [0.2, 0.25) is 0 Å². The molecule has 2 fully saturated rings. The molecular weight excluding hydrogens is 216 g/mol. The Morgan fingerprint density at radius 1 is 1.29 bits per heavy atom. The van der Waals surface area contributed by atoms with E-state index < -0.39 is 0 Å². The van der Waals surface area contributed by atoms with Gasteiger partial charge in [0.1, 0.15) is 6.10 Å². The lowest BCUT2D eigenvalue weighted by Gasteiger charge is -2.41. The van der Waals surface area contributed by atoms with Gasteiger partial charge in [0.25, 0.3) is 0 Å². The lowest BCUT2D eigenvalue weighted by Crippen LogP contribution is -2.43. The highest BCUT2D eigenvalue weighted by Gasteiger charge is 2.35. The second-order valence-electron chi connectivity index (χ2n) is 6.64. The third-order valence-corrected chi connectivity index (χ3v) is 3.98. The molecule has 1 aliphatic heterocycles. The number of aliphatic hydroxyl groups excluding tert-OH is 1. The Morgan fingerprint density at radius 2 is 2.06 bits per heavy atom. The van der Waals surface area contributed by atoms with Crippen LogP contribution >= 0.6 is 0 Å². The second kappa shape index (κ2) is 5.25. The van der Waals surface area contributed by atoms with E-state index in [-0.39, 0.29) is 18.3 Å². The maximum Gasteiger partial charge on any atom is 0.107 e. The van der Waals surface area contributed by atoms with Gasteiger partial charge in [-0.2, -0.15) is 0 Å². The van der Waals surface area contributed by atoms with Gasteiger partial charge in [-0.25, -0.2) is 0 Å². The maximum absolute atomic E-state index is 9.89. The zero-order chi connectivity index (χ0) is 12.5. The number of ether oxygens (including phenoxy) is 2. The lowest BCUT2D eigenvalue weighted by atomic mass is 9.71. The minimum Gasteiger partial charge on any atom is -0.390 e. The molecular formula is C14H26O3. The molecule has 1 heterocycles. The molecule has 4 atom stereocenters. The molecule has 2 aliphatic rings. The van der Waals surface area contributed by atoms with E-state index >= 15 is 0 Å². The normalized spacial score (nSPS) is 42.4. The maximum atomic E-state index is 9.89. The van der Waals surface area contributed by atoms with Crippen molar-refractivity contribution in [3.63, 3.8) is 0 Å². The van der Waals surface area contributed by atoms with Crippen LogP contribution < -0.4 is 0 Å². The van der Waals surface area contributed by atoms with E-state index in [0.717, 1.165) is 12.8 Å². The van der Waals surface area contributed by atoms with Crippen molar-refractivity contribution in [1.29, 1.82) is 0 Å². The van der Waals surface area contributed by atoms with Crippen molar-refractivity contribution in [2.24, 2.45) is 11.3 Å². The van der Waals surface area contributed by atoms with E-state index in [1.807, 2.05) is 0 Å². The summed E-state index contributed by atoms with van der Waals surface area (Å²) in [5.41, 5.74) is 0.364. The van der Waals surface area contributed by atoms with Crippen molar-refractivity contribution in [2.45, 2.75) is 64.8 Å². The van der Waals surface area contributed by atoms with Gasteiger partial charge in [-0.3, -0.25) is 0 Å². The van der Waals surface area contributed by atoms with Crippen LogP contribution in [0.25, 0.3) is 0 Å². The molecule has 0 aromatic rings. The standard InChI is InChI=1S/C14H26O3/c1-10-6-11(8-14(2,3)7-10)17-13-9-16-5-4-12(13)15/h10-13,15H,4-9H2,1-3H3. The van der Waals surface area contributed by atoms with Crippen LogP contribution in [0.5, 0.6) is 0 Å². The summed E-state index contributed by atoms with van der Waals surface area (Å²) >= 11 is 0. The Labute approximate surface area is 104 Å². The zero-order valence-corrected chi connectivity index (χ0v) is 11.3. The quantitative estimate of drug-likeness (QED) is 0.808. The van der Waals surface area contributed by atoms with Gasteiger partial charge in [0, 0.05) is 6.61 Å². The summed E-state index contributed by atoms with van der Waals surface area (Å²) in [4.78, 5) is 0. The fraction of sp³-hybridized carbons (Fsp3) is 1.00. The molecule has 17 heavy (non-hydrogen) atoms. The molecule has 0 aromatic carbocycles. The molecule has 0 bridgehead atoms. The number of hydrogen-bond acceptors (Lipinski definition) is 3. The molecule has 0 aromatic heterocycles. The first kappa shape index (κ1) is 13.3. The van der Waals surface area contributed by atoms with Gasteiger partial charge in [0.05, 0.1) is 18.8 Å². The van der Waals surface area contributed by atoms with E-state index in [2.05, 4.69) is 20.8 Å². The Kier molecular flexibility index (Phi) is 4.11. The molecule has 3 heteroatoms. The average molecular weight is 242 g/mol. The fourth-order valence-electron chi connectivity index (χ4n) is 3.44. The van der Waals surface area contributed by atoms with Crippen molar-refractivity contribution < 1.29 is 14.6 Å². The molecule has 0 amide bonds. The number of hydrogen-bond donors (Lipinski definition) is 1. The van der Waals surface area contributed by atoms with Gasteiger partial charge in [-0.15, -0.1) is 0 Å². The molecule has 1 saturated carbocycles. The molecule has 2 rings (SSSR count). The number of aliphatic hydroxyl groups is 1. The summed E-state index contributed by atoms with van der Waals surface area (Å²) in [6.45, 7) is 8.13. The Hall–Kier alpha value is -0.120. The van der Waals surface area contributed by atoms with Crippen LogP contribution in [0.3, 0.4) is 0 Å². The van der Waals surface area contributed by atoms with Crippen LogP contribution in [-0.2, 0) is 9.47 Å². The van der Waals surface area contributed by atoms with Gasteiger partial charge in [0.15, 0.2) is 0 Å². The smallest absolute Gasteiger partial charge is 0.107 e. The van der Waals surface area contributed by atoms with E-state index in [1.165, 1.54) is 6.42 Å². The molecule has 3 nitrogen and oxygen atoms in total. The minimum absolute atomic E-state index is 0.116.